The summed E-state index contributed by atoms with van der Waals surface area (Å²) in [5, 5.41) is 7.01. The van der Waals surface area contributed by atoms with Crippen molar-refractivity contribution in [2.24, 2.45) is 0 Å². The van der Waals surface area contributed by atoms with Gasteiger partial charge in [0.15, 0.2) is 5.11 Å². The van der Waals surface area contributed by atoms with Crippen molar-refractivity contribution >= 4 is 34.6 Å². The van der Waals surface area contributed by atoms with Gasteiger partial charge in [-0.15, -0.1) is 0 Å². The number of aromatic nitrogens is 2. The van der Waals surface area contributed by atoms with Crippen LogP contribution in [0, 0.1) is 13.8 Å². The first kappa shape index (κ1) is 27.0. The highest BCUT2D eigenvalue weighted by molar-refractivity contribution is 7.80. The van der Waals surface area contributed by atoms with Crippen molar-refractivity contribution < 1.29 is 9.53 Å². The Balaban J connectivity index is 1.33. The zero-order valence-electron chi connectivity index (χ0n) is 23.3. The molecule has 2 aliphatic rings. The molecule has 2 saturated heterocycles. The zero-order valence-corrected chi connectivity index (χ0v) is 24.1. The number of aryl methyl sites for hydroxylation is 1. The molecule has 6 rings (SSSR count). The molecule has 2 N–H and O–H groups in total. The molecule has 4 aromatic rings. The maximum Gasteiger partial charge on any atom is 0.244 e. The average molecular weight is 567 g/mol. The van der Waals surface area contributed by atoms with Gasteiger partial charge in [-0.25, -0.2) is 0 Å². The molecular formula is C32H34N6O2S. The fourth-order valence-corrected chi connectivity index (χ4v) is 6.21. The summed E-state index contributed by atoms with van der Waals surface area (Å²) in [6, 6.07) is 25.9. The van der Waals surface area contributed by atoms with E-state index in [2.05, 4.69) is 69.3 Å². The lowest BCUT2D eigenvalue weighted by molar-refractivity contribution is -0.116. The maximum absolute atomic E-state index is 13.2. The Bertz CT molecular complexity index is 1520. The number of hydrogen-bond acceptors (Lipinski definition) is 5. The lowest BCUT2D eigenvalue weighted by Gasteiger charge is -2.29. The number of rotatable bonds is 7. The molecule has 9 heteroatoms. The van der Waals surface area contributed by atoms with Crippen LogP contribution in [-0.4, -0.2) is 58.3 Å². The van der Waals surface area contributed by atoms with E-state index in [0.29, 0.717) is 5.11 Å². The smallest absolute Gasteiger partial charge is 0.244 e. The van der Waals surface area contributed by atoms with Crippen molar-refractivity contribution in [3.05, 3.63) is 108 Å². The molecule has 41 heavy (non-hydrogen) atoms. The van der Waals surface area contributed by atoms with Gasteiger partial charge in [-0.05, 0) is 86.2 Å². The normalized spacial score (nSPS) is 18.8. The first-order chi connectivity index (χ1) is 20.0. The Morgan fingerprint density at radius 1 is 1.00 bits per heavy atom. The molecule has 2 aliphatic heterocycles. The van der Waals surface area contributed by atoms with Gasteiger partial charge in [0.2, 0.25) is 5.91 Å². The van der Waals surface area contributed by atoms with E-state index >= 15 is 0 Å². The molecule has 2 aromatic heterocycles. The van der Waals surface area contributed by atoms with Crippen LogP contribution in [0.25, 0.3) is 5.69 Å². The monoisotopic (exact) mass is 566 g/mol. The van der Waals surface area contributed by atoms with Gasteiger partial charge in [-0.3, -0.25) is 9.78 Å². The summed E-state index contributed by atoms with van der Waals surface area (Å²) in [5.41, 5.74) is 7.26. The quantitative estimate of drug-likeness (QED) is 0.307. The van der Waals surface area contributed by atoms with E-state index < -0.39 is 0 Å². The summed E-state index contributed by atoms with van der Waals surface area (Å²) in [4.78, 5) is 22.2. The molecule has 8 nitrogen and oxygen atoms in total. The summed E-state index contributed by atoms with van der Waals surface area (Å²) < 4.78 is 7.79. The molecule has 2 aromatic carbocycles. The minimum absolute atomic E-state index is 0.118. The van der Waals surface area contributed by atoms with Crippen LogP contribution in [0.3, 0.4) is 0 Å². The number of anilines is 2. The Morgan fingerprint density at radius 3 is 2.41 bits per heavy atom. The van der Waals surface area contributed by atoms with Crippen LogP contribution in [0.5, 0.6) is 0 Å². The largest absolute Gasteiger partial charge is 0.378 e. The second-order valence-corrected chi connectivity index (χ2v) is 10.8. The predicted octanol–water partition coefficient (Wildman–Crippen LogP) is 4.94. The third-order valence-corrected chi connectivity index (χ3v) is 8.19. The topological polar surface area (TPSA) is 74.7 Å². The van der Waals surface area contributed by atoms with Crippen molar-refractivity contribution in [1.29, 1.82) is 0 Å². The van der Waals surface area contributed by atoms with E-state index in [1.165, 1.54) is 5.69 Å². The van der Waals surface area contributed by atoms with Crippen LogP contribution < -0.4 is 15.5 Å². The molecule has 1 amide bonds. The van der Waals surface area contributed by atoms with Crippen LogP contribution in [-0.2, 0) is 9.53 Å². The molecular weight excluding hydrogens is 532 g/mol. The van der Waals surface area contributed by atoms with E-state index in [0.717, 1.165) is 60.3 Å². The number of carbonyl (C=O) groups is 1. The average Bonchev–Trinajstić information content (AvgIpc) is 3.48. The summed E-state index contributed by atoms with van der Waals surface area (Å²) in [6.07, 6.45) is 1.79. The second-order valence-electron chi connectivity index (χ2n) is 10.4. The summed E-state index contributed by atoms with van der Waals surface area (Å²) >= 11 is 5.82. The fraction of sp³-hybridized carbons (Fsp3) is 0.281. The summed E-state index contributed by atoms with van der Waals surface area (Å²) in [5.74, 6) is -0.125. The first-order valence-corrected chi connectivity index (χ1v) is 14.4. The Morgan fingerprint density at radius 2 is 1.71 bits per heavy atom. The fourth-order valence-electron chi connectivity index (χ4n) is 5.91. The number of ether oxygens (including phenoxy) is 1. The van der Waals surface area contributed by atoms with Crippen LogP contribution in [0.4, 0.5) is 11.4 Å². The second kappa shape index (κ2) is 11.7. The van der Waals surface area contributed by atoms with E-state index in [1.807, 2.05) is 53.4 Å². The van der Waals surface area contributed by atoms with Crippen molar-refractivity contribution in [3.8, 4) is 5.69 Å². The Kier molecular flexibility index (Phi) is 7.71. The third-order valence-electron chi connectivity index (χ3n) is 7.84. The molecule has 0 bridgehead atoms. The van der Waals surface area contributed by atoms with E-state index in [9.17, 15) is 4.79 Å². The number of nitrogens with zero attached hydrogens (tertiary/aromatic N) is 4. The van der Waals surface area contributed by atoms with Crippen LogP contribution in [0.2, 0.25) is 0 Å². The van der Waals surface area contributed by atoms with Crippen molar-refractivity contribution in [3.63, 3.8) is 0 Å². The SMILES string of the molecule is Cc1cc([C@@H]2[C@@H](c3ccccn3)NC(=S)N2CC(=O)Nc2ccccc2)c(C)n1-c1ccc(N2CCOCC2)cc1. The van der Waals surface area contributed by atoms with Crippen molar-refractivity contribution in [1.82, 2.24) is 19.8 Å². The third kappa shape index (κ3) is 5.55. The lowest BCUT2D eigenvalue weighted by Crippen LogP contribution is -2.37. The van der Waals surface area contributed by atoms with Gasteiger partial charge in [0.05, 0.1) is 31.0 Å². The summed E-state index contributed by atoms with van der Waals surface area (Å²) in [6.45, 7) is 7.70. The summed E-state index contributed by atoms with van der Waals surface area (Å²) in [7, 11) is 0. The Labute approximate surface area is 245 Å². The van der Waals surface area contributed by atoms with Crippen molar-refractivity contribution in [2.75, 3.05) is 43.1 Å². The van der Waals surface area contributed by atoms with E-state index in [-0.39, 0.29) is 24.5 Å². The van der Waals surface area contributed by atoms with Gasteiger partial charge in [0, 0.05) is 47.7 Å². The molecule has 0 spiro atoms. The highest BCUT2D eigenvalue weighted by Gasteiger charge is 2.42. The van der Waals surface area contributed by atoms with E-state index in [1.54, 1.807) is 6.20 Å². The number of nitrogens with one attached hydrogen (secondary N) is 2. The molecule has 210 valence electrons. The van der Waals surface area contributed by atoms with Gasteiger partial charge in [0.1, 0.15) is 6.54 Å². The molecule has 4 heterocycles. The molecule has 2 atom stereocenters. The number of amides is 1. The van der Waals surface area contributed by atoms with Gasteiger partial charge in [-0.1, -0.05) is 24.3 Å². The van der Waals surface area contributed by atoms with Crippen LogP contribution in [0.15, 0.2) is 85.1 Å². The minimum atomic E-state index is -0.216. The minimum Gasteiger partial charge on any atom is -0.378 e. The molecule has 0 aliphatic carbocycles. The van der Waals surface area contributed by atoms with Gasteiger partial charge < -0.3 is 29.7 Å². The number of morpholine rings is 1. The van der Waals surface area contributed by atoms with Gasteiger partial charge >= 0.3 is 0 Å². The Hall–Kier alpha value is -4.21. The van der Waals surface area contributed by atoms with Crippen LogP contribution >= 0.6 is 12.2 Å². The molecule has 0 saturated carbocycles. The number of para-hydroxylation sites is 1. The number of carbonyl (C=O) groups excluding carboxylic acids is 1. The van der Waals surface area contributed by atoms with Gasteiger partial charge in [-0.2, -0.15) is 0 Å². The number of thiocarbonyl (C=S) groups is 1. The zero-order chi connectivity index (χ0) is 28.3. The maximum atomic E-state index is 13.2. The standard InChI is InChI=1S/C32H34N6O2S/c1-22-20-27(23(2)38(22)26-13-11-25(12-14-26)36-16-18-40-19-17-36)31-30(28-10-6-7-15-33-28)35-32(41)37(31)21-29(39)34-24-8-4-3-5-9-24/h3-15,20,30-31H,16-19,21H2,1-2H3,(H,34,39)(H,35,41)/t30-,31-/m1/s1. The molecule has 0 unspecified atom stereocenters. The van der Waals surface area contributed by atoms with Gasteiger partial charge in [0.25, 0.3) is 0 Å². The predicted molar refractivity (Wildman–Crippen MR) is 166 cm³/mol. The number of hydrogen-bond donors (Lipinski definition) is 2. The van der Waals surface area contributed by atoms with Crippen LogP contribution in [0.1, 0.15) is 34.7 Å². The molecule has 0 radical (unpaired) electrons. The number of benzene rings is 2. The highest BCUT2D eigenvalue weighted by Crippen LogP contribution is 2.41. The van der Waals surface area contributed by atoms with E-state index in [4.69, 9.17) is 17.0 Å². The first-order valence-electron chi connectivity index (χ1n) is 13.9. The lowest BCUT2D eigenvalue weighted by atomic mass is 9.96. The van der Waals surface area contributed by atoms with Crippen molar-refractivity contribution in [2.45, 2.75) is 25.9 Å². The number of pyridine rings is 1. The molecule has 2 fully saturated rings. The highest BCUT2D eigenvalue weighted by atomic mass is 32.1.